The van der Waals surface area contributed by atoms with E-state index >= 15 is 0 Å². The Morgan fingerprint density at radius 3 is 2.68 bits per heavy atom. The second-order valence-electron chi connectivity index (χ2n) is 7.11. The van der Waals surface area contributed by atoms with Gasteiger partial charge in [0.2, 0.25) is 11.1 Å². The highest BCUT2D eigenvalue weighted by Gasteiger charge is 2.36. The fourth-order valence-corrected chi connectivity index (χ4v) is 5.79. The monoisotopic (exact) mass is 423 g/mol. The number of nitrogens with zero attached hydrogens (tertiary/aromatic N) is 5. The maximum atomic E-state index is 13.0. The molecule has 1 fully saturated rings. The summed E-state index contributed by atoms with van der Waals surface area (Å²) in [5, 5.41) is 12.3. The highest BCUT2D eigenvalue weighted by molar-refractivity contribution is 7.99. The number of benzene rings is 1. The van der Waals surface area contributed by atoms with E-state index in [4.69, 9.17) is 0 Å². The number of rotatable bonds is 7. The van der Waals surface area contributed by atoms with Crippen molar-refractivity contribution in [2.75, 3.05) is 17.3 Å². The second kappa shape index (κ2) is 8.60. The summed E-state index contributed by atoms with van der Waals surface area (Å²) in [6.45, 7) is 5.97. The summed E-state index contributed by atoms with van der Waals surface area (Å²) < 4.78 is 25.4. The number of aromatic nitrogens is 4. The molecular formula is C18H25N5O3S2. The topological polar surface area (TPSA) is 98.1 Å². The van der Waals surface area contributed by atoms with Gasteiger partial charge in [-0.15, -0.1) is 5.10 Å². The molecule has 28 heavy (non-hydrogen) atoms. The molecule has 152 valence electrons. The summed E-state index contributed by atoms with van der Waals surface area (Å²) in [5.74, 6) is 0.276. The van der Waals surface area contributed by atoms with Gasteiger partial charge in [-0.05, 0) is 49.2 Å². The van der Waals surface area contributed by atoms with Crippen LogP contribution in [0.15, 0.2) is 29.4 Å². The summed E-state index contributed by atoms with van der Waals surface area (Å²) >= 11 is 1.26. The SMILES string of the molecule is CC[C@@H](C)N(C(=O)CSc1nnnn1-c1ccc(C)cc1)[C@@H]1CCS(=O)(=O)C1. The number of carbonyl (C=O) groups is 1. The van der Waals surface area contributed by atoms with E-state index in [0.717, 1.165) is 17.7 Å². The molecule has 2 aromatic rings. The van der Waals surface area contributed by atoms with Crippen LogP contribution in [0.5, 0.6) is 0 Å². The van der Waals surface area contributed by atoms with Gasteiger partial charge in [0.25, 0.3) is 0 Å². The van der Waals surface area contributed by atoms with Crippen molar-refractivity contribution in [3.63, 3.8) is 0 Å². The van der Waals surface area contributed by atoms with Gasteiger partial charge in [0.15, 0.2) is 9.84 Å². The van der Waals surface area contributed by atoms with Crippen molar-refractivity contribution in [3.8, 4) is 5.69 Å². The third-order valence-electron chi connectivity index (χ3n) is 5.00. The summed E-state index contributed by atoms with van der Waals surface area (Å²) in [7, 11) is -3.06. The molecule has 1 amide bonds. The minimum absolute atomic E-state index is 0.0144. The van der Waals surface area contributed by atoms with Crippen LogP contribution in [-0.2, 0) is 14.6 Å². The van der Waals surface area contributed by atoms with Crippen LogP contribution in [-0.4, -0.2) is 68.8 Å². The number of aryl methyl sites for hydroxylation is 1. The molecule has 8 nitrogen and oxygen atoms in total. The Kier molecular flexibility index (Phi) is 6.39. The summed E-state index contributed by atoms with van der Waals surface area (Å²) in [4.78, 5) is 14.7. The number of thioether (sulfide) groups is 1. The zero-order valence-electron chi connectivity index (χ0n) is 16.3. The molecule has 0 spiro atoms. The van der Waals surface area contributed by atoms with Gasteiger partial charge in [-0.2, -0.15) is 4.68 Å². The normalized spacial score (nSPS) is 19.5. The predicted molar refractivity (Wildman–Crippen MR) is 108 cm³/mol. The third kappa shape index (κ3) is 4.72. The Bertz CT molecular complexity index is 927. The fourth-order valence-electron chi connectivity index (χ4n) is 3.32. The molecule has 1 aliphatic rings. The average molecular weight is 424 g/mol. The summed E-state index contributed by atoms with van der Waals surface area (Å²) in [6.07, 6.45) is 1.28. The number of carbonyl (C=O) groups excluding carboxylic acids is 1. The molecule has 0 radical (unpaired) electrons. The first-order chi connectivity index (χ1) is 13.3. The van der Waals surface area contributed by atoms with Crippen molar-refractivity contribution >= 4 is 27.5 Å². The van der Waals surface area contributed by atoms with Crippen molar-refractivity contribution in [3.05, 3.63) is 29.8 Å². The number of tetrazole rings is 1. The van der Waals surface area contributed by atoms with Crippen LogP contribution in [0.25, 0.3) is 5.69 Å². The Balaban J connectivity index is 1.72. The maximum absolute atomic E-state index is 13.0. The molecule has 2 heterocycles. The molecule has 1 aliphatic heterocycles. The highest BCUT2D eigenvalue weighted by Crippen LogP contribution is 2.24. The van der Waals surface area contributed by atoms with Crippen LogP contribution in [0.3, 0.4) is 0 Å². The van der Waals surface area contributed by atoms with Crippen molar-refractivity contribution < 1.29 is 13.2 Å². The van der Waals surface area contributed by atoms with Crippen LogP contribution in [0, 0.1) is 6.92 Å². The lowest BCUT2D eigenvalue weighted by Crippen LogP contribution is -2.47. The maximum Gasteiger partial charge on any atom is 0.233 e. The number of hydrogen-bond acceptors (Lipinski definition) is 7. The van der Waals surface area contributed by atoms with Crippen LogP contribution in [0.1, 0.15) is 32.3 Å². The van der Waals surface area contributed by atoms with Gasteiger partial charge < -0.3 is 4.90 Å². The van der Waals surface area contributed by atoms with Gasteiger partial charge in [0.1, 0.15) is 0 Å². The van der Waals surface area contributed by atoms with Crippen LogP contribution in [0.4, 0.5) is 0 Å². The number of sulfone groups is 1. The minimum atomic E-state index is -3.06. The Morgan fingerprint density at radius 2 is 2.07 bits per heavy atom. The molecule has 2 atom stereocenters. The van der Waals surface area contributed by atoms with Crippen LogP contribution < -0.4 is 0 Å². The van der Waals surface area contributed by atoms with Gasteiger partial charge in [-0.1, -0.05) is 36.4 Å². The van der Waals surface area contributed by atoms with Crippen molar-refractivity contribution in [2.45, 2.75) is 50.9 Å². The van der Waals surface area contributed by atoms with Gasteiger partial charge in [0.05, 0.1) is 22.9 Å². The molecule has 1 aromatic heterocycles. The molecule has 0 saturated carbocycles. The Hall–Kier alpha value is -1.94. The first kappa shape index (κ1) is 20.8. The smallest absolute Gasteiger partial charge is 0.233 e. The molecule has 0 N–H and O–H groups in total. The molecule has 0 aliphatic carbocycles. The van der Waals surface area contributed by atoms with Gasteiger partial charge in [0, 0.05) is 12.1 Å². The van der Waals surface area contributed by atoms with Crippen molar-refractivity contribution in [2.24, 2.45) is 0 Å². The fraction of sp³-hybridized carbons (Fsp3) is 0.556. The number of amides is 1. The predicted octanol–water partition coefficient (Wildman–Crippen LogP) is 1.88. The van der Waals surface area contributed by atoms with Crippen molar-refractivity contribution in [1.82, 2.24) is 25.1 Å². The lowest BCUT2D eigenvalue weighted by Gasteiger charge is -2.33. The van der Waals surface area contributed by atoms with Gasteiger partial charge in [-0.3, -0.25) is 4.79 Å². The highest BCUT2D eigenvalue weighted by atomic mass is 32.2. The molecule has 1 saturated heterocycles. The molecule has 0 unspecified atom stereocenters. The van der Waals surface area contributed by atoms with E-state index in [-0.39, 0.29) is 35.2 Å². The average Bonchev–Trinajstić information content (AvgIpc) is 3.27. The zero-order chi connectivity index (χ0) is 20.3. The van der Waals surface area contributed by atoms with Crippen LogP contribution >= 0.6 is 11.8 Å². The third-order valence-corrected chi connectivity index (χ3v) is 7.65. The quantitative estimate of drug-likeness (QED) is 0.627. The molecule has 0 bridgehead atoms. The Labute approximate surface area is 169 Å². The summed E-state index contributed by atoms with van der Waals surface area (Å²) in [6, 6.07) is 7.53. The van der Waals surface area contributed by atoms with E-state index in [1.54, 1.807) is 9.58 Å². The molecule has 1 aromatic carbocycles. The van der Waals surface area contributed by atoms with E-state index < -0.39 is 9.84 Å². The van der Waals surface area contributed by atoms with E-state index in [9.17, 15) is 13.2 Å². The minimum Gasteiger partial charge on any atom is -0.335 e. The standard InChI is InChI=1S/C18H25N5O3S2/c1-4-14(3)22(16-9-10-28(25,26)12-16)17(24)11-27-18-19-20-21-23(18)15-7-5-13(2)6-8-15/h5-8,14,16H,4,9-12H2,1-3H3/t14-,16-/m1/s1. The van der Waals surface area contributed by atoms with Crippen LogP contribution in [0.2, 0.25) is 0 Å². The largest absolute Gasteiger partial charge is 0.335 e. The summed E-state index contributed by atoms with van der Waals surface area (Å²) in [5.41, 5.74) is 1.96. The zero-order valence-corrected chi connectivity index (χ0v) is 17.9. The lowest BCUT2D eigenvalue weighted by molar-refractivity contribution is -0.132. The lowest BCUT2D eigenvalue weighted by atomic mass is 10.1. The Morgan fingerprint density at radius 1 is 1.36 bits per heavy atom. The first-order valence-corrected chi connectivity index (χ1v) is 12.1. The first-order valence-electron chi connectivity index (χ1n) is 9.30. The van der Waals surface area contributed by atoms with E-state index in [1.165, 1.54) is 11.8 Å². The van der Waals surface area contributed by atoms with E-state index in [2.05, 4.69) is 15.5 Å². The van der Waals surface area contributed by atoms with E-state index in [0.29, 0.717) is 11.6 Å². The molecule has 10 heteroatoms. The second-order valence-corrected chi connectivity index (χ2v) is 10.3. The molecule has 3 rings (SSSR count). The van der Waals surface area contributed by atoms with Crippen molar-refractivity contribution in [1.29, 1.82) is 0 Å². The van der Waals surface area contributed by atoms with Gasteiger partial charge in [-0.25, -0.2) is 8.42 Å². The number of hydrogen-bond donors (Lipinski definition) is 0. The van der Waals surface area contributed by atoms with E-state index in [1.807, 2.05) is 45.0 Å². The molecular weight excluding hydrogens is 398 g/mol. The van der Waals surface area contributed by atoms with Gasteiger partial charge >= 0.3 is 0 Å².